The number of anilines is 1. The molecule has 0 aliphatic heterocycles. The lowest BCUT2D eigenvalue weighted by Gasteiger charge is -2.32. The molecule has 0 spiro atoms. The fourth-order valence-corrected chi connectivity index (χ4v) is 4.09. The fourth-order valence-electron chi connectivity index (χ4n) is 4.09. The zero-order valence-corrected chi connectivity index (χ0v) is 19.5. The maximum Gasteiger partial charge on any atom is 0.339 e. The maximum atomic E-state index is 13.1. The number of nitro groups is 1. The Bertz CT molecular complexity index is 1200. The number of hydrogen-bond donors (Lipinski definition) is 2. The lowest BCUT2D eigenvalue weighted by Crippen LogP contribution is -2.52. The van der Waals surface area contributed by atoms with E-state index in [4.69, 9.17) is 4.74 Å². The first-order valence-corrected chi connectivity index (χ1v) is 11.3. The van der Waals surface area contributed by atoms with Gasteiger partial charge in [-0.2, -0.15) is 5.26 Å². The highest BCUT2D eigenvalue weighted by Crippen LogP contribution is 2.28. The van der Waals surface area contributed by atoms with E-state index in [9.17, 15) is 29.8 Å². The van der Waals surface area contributed by atoms with Crippen LogP contribution in [0.3, 0.4) is 0 Å². The van der Waals surface area contributed by atoms with Crippen LogP contribution in [-0.2, 0) is 9.53 Å². The number of ether oxygens (including phenoxy) is 1. The van der Waals surface area contributed by atoms with Crippen LogP contribution < -0.4 is 10.6 Å². The number of ketones is 1. The molecule has 10 nitrogen and oxygen atoms in total. The van der Waals surface area contributed by atoms with Crippen LogP contribution in [0.15, 0.2) is 42.5 Å². The third-order valence-electron chi connectivity index (χ3n) is 6.05. The van der Waals surface area contributed by atoms with Gasteiger partial charge < -0.3 is 15.4 Å². The van der Waals surface area contributed by atoms with Gasteiger partial charge in [-0.1, -0.05) is 37.5 Å². The zero-order chi connectivity index (χ0) is 25.6. The van der Waals surface area contributed by atoms with Crippen LogP contribution in [0.5, 0.6) is 0 Å². The molecule has 3 rings (SSSR count). The van der Waals surface area contributed by atoms with Crippen molar-refractivity contribution in [3.05, 3.63) is 69.3 Å². The van der Waals surface area contributed by atoms with Gasteiger partial charge in [0.2, 0.25) is 0 Å². The van der Waals surface area contributed by atoms with Gasteiger partial charge in [0.1, 0.15) is 11.2 Å². The third-order valence-corrected chi connectivity index (χ3v) is 6.05. The molecular formula is C25H26N4O6. The van der Waals surface area contributed by atoms with Crippen molar-refractivity contribution in [2.75, 3.05) is 12.4 Å². The molecule has 1 atom stereocenters. The van der Waals surface area contributed by atoms with Gasteiger partial charge in [0.15, 0.2) is 11.9 Å². The molecule has 1 amide bonds. The Balaban J connectivity index is 1.79. The summed E-state index contributed by atoms with van der Waals surface area (Å²) in [5, 5.41) is 26.3. The van der Waals surface area contributed by atoms with Gasteiger partial charge in [0, 0.05) is 24.2 Å². The van der Waals surface area contributed by atoms with Crippen LogP contribution in [0.1, 0.15) is 65.3 Å². The van der Waals surface area contributed by atoms with Crippen LogP contribution in [0.4, 0.5) is 11.4 Å². The van der Waals surface area contributed by atoms with Gasteiger partial charge in [-0.15, -0.1) is 0 Å². The van der Waals surface area contributed by atoms with E-state index in [-0.39, 0.29) is 28.1 Å². The second kappa shape index (κ2) is 10.8. The van der Waals surface area contributed by atoms with E-state index in [1.165, 1.54) is 44.3 Å². The zero-order valence-electron chi connectivity index (χ0n) is 19.5. The molecule has 2 aromatic rings. The van der Waals surface area contributed by atoms with Crippen LogP contribution in [-0.4, -0.2) is 41.3 Å². The van der Waals surface area contributed by atoms with Crippen molar-refractivity contribution < 1.29 is 24.0 Å². The lowest BCUT2D eigenvalue weighted by atomic mass is 9.83. The van der Waals surface area contributed by atoms with Crippen LogP contribution in [0.2, 0.25) is 0 Å². The van der Waals surface area contributed by atoms with E-state index in [0.29, 0.717) is 12.8 Å². The van der Waals surface area contributed by atoms with Gasteiger partial charge in [-0.3, -0.25) is 19.7 Å². The Morgan fingerprint density at radius 3 is 2.37 bits per heavy atom. The number of nitrogens with zero attached hydrogens (tertiary/aromatic N) is 2. The van der Waals surface area contributed by atoms with Crippen LogP contribution in [0.25, 0.3) is 0 Å². The summed E-state index contributed by atoms with van der Waals surface area (Å²) in [4.78, 5) is 49.5. The smallest absolute Gasteiger partial charge is 0.339 e. The Labute approximate surface area is 202 Å². The molecule has 182 valence electrons. The number of carbonyl (C=O) groups is 3. The molecule has 0 aromatic heterocycles. The number of nitriles is 1. The predicted octanol–water partition coefficient (Wildman–Crippen LogP) is 3.76. The van der Waals surface area contributed by atoms with Crippen molar-refractivity contribution >= 4 is 29.0 Å². The van der Waals surface area contributed by atoms with Gasteiger partial charge in [-0.05, 0) is 38.0 Å². The summed E-state index contributed by atoms with van der Waals surface area (Å²) in [6.07, 6.45) is 2.51. The molecule has 2 N–H and O–H groups in total. The predicted molar refractivity (Wildman–Crippen MR) is 127 cm³/mol. The maximum absolute atomic E-state index is 13.1. The summed E-state index contributed by atoms with van der Waals surface area (Å²) >= 11 is 0. The molecule has 0 unspecified atom stereocenters. The van der Waals surface area contributed by atoms with Crippen LogP contribution in [0, 0.1) is 21.4 Å². The highest BCUT2D eigenvalue weighted by atomic mass is 16.6. The number of benzene rings is 2. The quantitative estimate of drug-likeness (QED) is 0.252. The normalized spacial score (nSPS) is 15.2. The van der Waals surface area contributed by atoms with Gasteiger partial charge in [0.25, 0.3) is 11.6 Å². The van der Waals surface area contributed by atoms with Crippen molar-refractivity contribution in [2.45, 2.75) is 50.7 Å². The van der Waals surface area contributed by atoms with E-state index in [2.05, 4.69) is 16.7 Å². The molecule has 0 heterocycles. The average Bonchev–Trinajstić information content (AvgIpc) is 2.88. The minimum absolute atomic E-state index is 0.0163. The van der Waals surface area contributed by atoms with E-state index >= 15 is 0 Å². The van der Waals surface area contributed by atoms with E-state index in [1.807, 2.05) is 0 Å². The van der Waals surface area contributed by atoms with Crippen molar-refractivity contribution in [2.24, 2.45) is 0 Å². The molecule has 1 saturated carbocycles. The molecule has 0 bridgehead atoms. The Morgan fingerprint density at radius 1 is 1.11 bits per heavy atom. The van der Waals surface area contributed by atoms with Gasteiger partial charge >= 0.3 is 5.97 Å². The number of amides is 1. The van der Waals surface area contributed by atoms with Crippen molar-refractivity contribution in [1.82, 2.24) is 5.32 Å². The average molecular weight is 479 g/mol. The van der Waals surface area contributed by atoms with Gasteiger partial charge in [0.05, 0.1) is 16.6 Å². The van der Waals surface area contributed by atoms with Crippen molar-refractivity contribution in [3.8, 4) is 6.07 Å². The summed E-state index contributed by atoms with van der Waals surface area (Å²) in [5.74, 6) is -2.09. The molecular weight excluding hydrogens is 452 g/mol. The summed E-state index contributed by atoms with van der Waals surface area (Å²) < 4.78 is 5.32. The largest absolute Gasteiger partial charge is 0.449 e. The Hall–Kier alpha value is -4.26. The minimum atomic E-state index is -1.20. The standard InChI is InChI=1S/C25H26N4O6/c1-16(23(31)28-25(15-26)12-6-3-7-13-25)35-24(32)19-9-5-4-8-18(19)22(30)17-10-11-20(27-2)21(14-17)29(33)34/h4-5,8-11,14,16,27H,3,6-7,12-13H2,1-2H3,(H,28,31)/t16-/m0/s1. The Morgan fingerprint density at radius 2 is 1.77 bits per heavy atom. The first-order chi connectivity index (χ1) is 16.7. The molecule has 0 saturated heterocycles. The molecule has 10 heteroatoms. The van der Waals surface area contributed by atoms with Crippen LogP contribution >= 0.6 is 0 Å². The van der Waals surface area contributed by atoms with Gasteiger partial charge in [-0.25, -0.2) is 4.79 Å². The SMILES string of the molecule is CNc1ccc(C(=O)c2ccccc2C(=O)O[C@@H](C)C(=O)NC2(C#N)CCCCC2)cc1[N+](=O)[O-]. The number of rotatable bonds is 8. The van der Waals surface area contributed by atoms with E-state index in [0.717, 1.165) is 25.3 Å². The first kappa shape index (κ1) is 25.4. The summed E-state index contributed by atoms with van der Waals surface area (Å²) in [7, 11) is 1.53. The summed E-state index contributed by atoms with van der Waals surface area (Å²) in [6.45, 7) is 1.39. The monoisotopic (exact) mass is 478 g/mol. The molecule has 35 heavy (non-hydrogen) atoms. The summed E-state index contributed by atoms with van der Waals surface area (Å²) in [6, 6.07) is 12.0. The third kappa shape index (κ3) is 5.63. The molecule has 1 aliphatic rings. The van der Waals surface area contributed by atoms with E-state index in [1.54, 1.807) is 6.07 Å². The number of carbonyl (C=O) groups excluding carboxylic acids is 3. The highest BCUT2D eigenvalue weighted by molar-refractivity contribution is 6.15. The fraction of sp³-hybridized carbons (Fsp3) is 0.360. The molecule has 0 radical (unpaired) electrons. The topological polar surface area (TPSA) is 151 Å². The Kier molecular flexibility index (Phi) is 7.81. The minimum Gasteiger partial charge on any atom is -0.449 e. The highest BCUT2D eigenvalue weighted by Gasteiger charge is 2.35. The number of esters is 1. The second-order valence-corrected chi connectivity index (χ2v) is 8.41. The second-order valence-electron chi connectivity index (χ2n) is 8.41. The van der Waals surface area contributed by atoms with Crippen molar-refractivity contribution in [1.29, 1.82) is 5.26 Å². The van der Waals surface area contributed by atoms with Crippen molar-refractivity contribution in [3.63, 3.8) is 0 Å². The van der Waals surface area contributed by atoms with E-state index < -0.39 is 34.2 Å². The molecule has 1 aliphatic carbocycles. The first-order valence-electron chi connectivity index (χ1n) is 11.3. The molecule has 2 aromatic carbocycles. The number of nitro benzene ring substituents is 1. The lowest BCUT2D eigenvalue weighted by molar-refractivity contribution is -0.384. The molecule has 1 fully saturated rings. The number of nitrogens with one attached hydrogen (secondary N) is 2. The summed E-state index contributed by atoms with van der Waals surface area (Å²) in [5.41, 5.74) is -1.08. The number of hydrogen-bond acceptors (Lipinski definition) is 8.